The van der Waals surface area contributed by atoms with Crippen molar-refractivity contribution in [3.8, 4) is 0 Å². The normalized spacial score (nSPS) is 17.2. The Kier molecular flexibility index (Phi) is 9.00. The van der Waals surface area contributed by atoms with Gasteiger partial charge < -0.3 is 25.2 Å². The molecule has 1 amide bonds. The van der Waals surface area contributed by atoms with E-state index in [0.29, 0.717) is 12.3 Å². The molecule has 2 aromatic rings. The fraction of sp³-hybridized carbons (Fsp3) is 0.400. The quantitative estimate of drug-likeness (QED) is 0.545. The lowest BCUT2D eigenvalue weighted by atomic mass is 10.00. The number of amides is 1. The molecule has 7 nitrogen and oxygen atoms in total. The Bertz CT molecular complexity index is 946. The first-order valence-corrected chi connectivity index (χ1v) is 11.1. The molecule has 1 unspecified atom stereocenters. The second kappa shape index (κ2) is 11.9. The molecule has 1 saturated heterocycles. The molecule has 178 valence electrons. The predicted octanol–water partition coefficient (Wildman–Crippen LogP) is 3.32. The molecular weight excluding hydrogens is 442 g/mol. The van der Waals surface area contributed by atoms with E-state index in [2.05, 4.69) is 15.5 Å². The van der Waals surface area contributed by atoms with Crippen LogP contribution in [0.3, 0.4) is 0 Å². The van der Waals surface area contributed by atoms with Gasteiger partial charge in [-0.15, -0.1) is 12.4 Å². The van der Waals surface area contributed by atoms with E-state index < -0.39 is 6.04 Å². The number of anilines is 1. The van der Waals surface area contributed by atoms with Crippen LogP contribution in [0, 0.1) is 6.92 Å². The molecule has 2 heterocycles. The van der Waals surface area contributed by atoms with Gasteiger partial charge in [-0.05, 0) is 30.9 Å². The highest BCUT2D eigenvalue weighted by Gasteiger charge is 2.35. The van der Waals surface area contributed by atoms with Gasteiger partial charge in [0.25, 0.3) is 0 Å². The number of aliphatic hydroxyl groups is 1. The van der Waals surface area contributed by atoms with Crippen molar-refractivity contribution in [2.24, 2.45) is 0 Å². The minimum absolute atomic E-state index is 0. The van der Waals surface area contributed by atoms with Gasteiger partial charge >= 0.3 is 0 Å². The van der Waals surface area contributed by atoms with Crippen LogP contribution in [-0.2, 0) is 27.4 Å². The number of ether oxygens (including phenoxy) is 2. The molecule has 1 fully saturated rings. The van der Waals surface area contributed by atoms with Crippen molar-refractivity contribution in [2.75, 3.05) is 25.2 Å². The zero-order valence-electron chi connectivity index (χ0n) is 18.8. The average Bonchev–Trinajstić information content (AvgIpc) is 3.35. The van der Waals surface area contributed by atoms with Gasteiger partial charge in [0.05, 0.1) is 6.61 Å². The molecule has 0 bridgehead atoms. The summed E-state index contributed by atoms with van der Waals surface area (Å²) in [6, 6.07) is 15.6. The summed E-state index contributed by atoms with van der Waals surface area (Å²) in [5.74, 6) is 0.474. The third-order valence-electron chi connectivity index (χ3n) is 6.09. The molecular formula is C25H32ClN3O4. The molecule has 0 radical (unpaired) electrons. The van der Waals surface area contributed by atoms with Crippen molar-refractivity contribution < 1.29 is 19.4 Å². The molecule has 2 aromatic carbocycles. The number of benzene rings is 2. The number of hydrogen-bond acceptors (Lipinski definition) is 6. The summed E-state index contributed by atoms with van der Waals surface area (Å²) >= 11 is 0. The first-order chi connectivity index (χ1) is 15.7. The Labute approximate surface area is 201 Å². The Balaban J connectivity index is 0.00000306. The smallest absolute Gasteiger partial charge is 0.245 e. The van der Waals surface area contributed by atoms with Gasteiger partial charge in [-0.25, -0.2) is 0 Å². The number of aryl methyl sites for hydroxylation is 1. The Hall–Kier alpha value is -2.74. The summed E-state index contributed by atoms with van der Waals surface area (Å²) in [5, 5.41) is 16.3. The molecule has 0 saturated carbocycles. The third-order valence-corrected chi connectivity index (χ3v) is 6.09. The number of nitrogens with one attached hydrogen (secondary N) is 2. The van der Waals surface area contributed by atoms with Crippen molar-refractivity contribution in [1.29, 1.82) is 0 Å². The molecule has 1 atom stereocenters. The van der Waals surface area contributed by atoms with Crippen LogP contribution in [0.2, 0.25) is 0 Å². The number of likely N-dealkylation sites (tertiary alicyclic amines) is 1. The van der Waals surface area contributed by atoms with Crippen molar-refractivity contribution in [3.63, 3.8) is 0 Å². The fourth-order valence-corrected chi connectivity index (χ4v) is 4.33. The highest BCUT2D eigenvalue weighted by atomic mass is 35.5. The summed E-state index contributed by atoms with van der Waals surface area (Å²) in [5.41, 5.74) is 4.10. The van der Waals surface area contributed by atoms with Gasteiger partial charge in [0.15, 0.2) is 11.8 Å². The minimum atomic E-state index is -0.506. The first kappa shape index (κ1) is 24.9. The van der Waals surface area contributed by atoms with Crippen molar-refractivity contribution in [1.82, 2.24) is 10.2 Å². The van der Waals surface area contributed by atoms with Crippen LogP contribution in [0.15, 0.2) is 60.6 Å². The second-order valence-electron chi connectivity index (χ2n) is 8.28. The topological polar surface area (TPSA) is 83.1 Å². The van der Waals surface area contributed by atoms with E-state index in [1.807, 2.05) is 55.5 Å². The molecule has 3 N–H and O–H groups in total. The fourth-order valence-electron chi connectivity index (χ4n) is 4.33. The second-order valence-corrected chi connectivity index (χ2v) is 8.28. The lowest BCUT2D eigenvalue weighted by Gasteiger charge is -2.37. The number of carbonyl (C=O) groups excluding carboxylic acids is 1. The molecule has 0 aromatic heterocycles. The number of halogens is 1. The Morgan fingerprint density at radius 1 is 1.15 bits per heavy atom. The summed E-state index contributed by atoms with van der Waals surface area (Å²) in [6.45, 7) is 4.18. The van der Waals surface area contributed by atoms with Crippen molar-refractivity contribution in [2.45, 2.75) is 45.0 Å². The van der Waals surface area contributed by atoms with E-state index in [1.54, 1.807) is 6.26 Å². The van der Waals surface area contributed by atoms with Crippen molar-refractivity contribution >= 4 is 24.0 Å². The number of nitrogens with zero attached hydrogens (tertiary/aromatic N) is 1. The van der Waals surface area contributed by atoms with Gasteiger partial charge in [-0.2, -0.15) is 0 Å². The molecule has 8 heteroatoms. The van der Waals surface area contributed by atoms with Crippen LogP contribution in [-0.4, -0.2) is 47.9 Å². The molecule has 2 aliphatic rings. The highest BCUT2D eigenvalue weighted by Crippen LogP contribution is 2.26. The maximum atomic E-state index is 13.1. The number of hydrogen-bond donors (Lipinski definition) is 3. The number of carbonyl (C=O) groups is 1. The standard InChI is InChI=1S/C25H31N3O4.ClH/c1-18-6-5-9-20(15-29)23(18)27-21-10-12-28(13-11-21)24(22-16-31-17-32-22)25(30)26-14-19-7-3-2-4-8-19;/h2-9,16,21,24,27,29H,10-15,17H2,1H3,(H,26,30);1H. The molecule has 2 aliphatic heterocycles. The predicted molar refractivity (Wildman–Crippen MR) is 130 cm³/mol. The lowest BCUT2D eigenvalue weighted by Crippen LogP contribution is -2.52. The maximum absolute atomic E-state index is 13.1. The maximum Gasteiger partial charge on any atom is 0.245 e. The average molecular weight is 474 g/mol. The van der Waals surface area contributed by atoms with Crippen LogP contribution in [0.5, 0.6) is 0 Å². The molecule has 0 spiro atoms. The molecule has 33 heavy (non-hydrogen) atoms. The number of para-hydroxylation sites is 1. The van der Waals surface area contributed by atoms with Crippen LogP contribution in [0.4, 0.5) is 5.69 Å². The van der Waals surface area contributed by atoms with Gasteiger partial charge in [0, 0.05) is 36.9 Å². The van der Waals surface area contributed by atoms with E-state index in [-0.39, 0.29) is 37.8 Å². The van der Waals surface area contributed by atoms with Gasteiger partial charge in [0.1, 0.15) is 6.26 Å². The third kappa shape index (κ3) is 6.19. The Morgan fingerprint density at radius 3 is 2.58 bits per heavy atom. The van der Waals surface area contributed by atoms with E-state index in [4.69, 9.17) is 9.47 Å². The zero-order valence-corrected chi connectivity index (χ0v) is 19.6. The molecule has 0 aliphatic carbocycles. The van der Waals surface area contributed by atoms with E-state index in [1.165, 1.54) is 0 Å². The molecule has 4 rings (SSSR count). The number of rotatable bonds is 8. The highest BCUT2D eigenvalue weighted by molar-refractivity contribution is 5.85. The SMILES string of the molecule is Cc1cccc(CO)c1NC1CCN(C(C(=O)NCc2ccccc2)C2=COCO2)CC1.Cl. The monoisotopic (exact) mass is 473 g/mol. The number of piperidine rings is 1. The van der Waals surface area contributed by atoms with E-state index in [0.717, 1.165) is 48.3 Å². The summed E-state index contributed by atoms with van der Waals surface area (Å²) in [7, 11) is 0. The van der Waals surface area contributed by atoms with Crippen LogP contribution in [0.25, 0.3) is 0 Å². The van der Waals surface area contributed by atoms with E-state index in [9.17, 15) is 9.90 Å². The lowest BCUT2D eigenvalue weighted by molar-refractivity contribution is -0.127. The summed E-state index contributed by atoms with van der Waals surface area (Å²) < 4.78 is 10.9. The van der Waals surface area contributed by atoms with Gasteiger partial charge in [-0.3, -0.25) is 9.69 Å². The van der Waals surface area contributed by atoms with Crippen molar-refractivity contribution in [3.05, 3.63) is 77.2 Å². The van der Waals surface area contributed by atoms with Gasteiger partial charge in [-0.1, -0.05) is 48.5 Å². The van der Waals surface area contributed by atoms with Crippen LogP contribution >= 0.6 is 12.4 Å². The van der Waals surface area contributed by atoms with E-state index >= 15 is 0 Å². The summed E-state index contributed by atoms with van der Waals surface area (Å²) in [6.07, 6.45) is 3.32. The van der Waals surface area contributed by atoms with Gasteiger partial charge in [0.2, 0.25) is 12.7 Å². The van der Waals surface area contributed by atoms with Crippen LogP contribution < -0.4 is 10.6 Å². The first-order valence-electron chi connectivity index (χ1n) is 11.1. The Morgan fingerprint density at radius 2 is 1.91 bits per heavy atom. The zero-order chi connectivity index (χ0) is 22.3. The van der Waals surface area contributed by atoms with Crippen LogP contribution in [0.1, 0.15) is 29.5 Å². The summed E-state index contributed by atoms with van der Waals surface area (Å²) in [4.78, 5) is 15.3. The number of aliphatic hydroxyl groups excluding tert-OH is 1. The minimum Gasteiger partial charge on any atom is -0.462 e. The largest absolute Gasteiger partial charge is 0.462 e.